The molecule has 3 nitrogen and oxygen atoms in total. The Morgan fingerprint density at radius 3 is 2.47 bits per heavy atom. The third-order valence-electron chi connectivity index (χ3n) is 3.09. The van der Waals surface area contributed by atoms with Crippen molar-refractivity contribution in [3.8, 4) is 5.75 Å². The van der Waals surface area contributed by atoms with E-state index in [1.165, 1.54) is 0 Å². The van der Waals surface area contributed by atoms with Gasteiger partial charge in [-0.1, -0.05) is 13.8 Å². The average molecular weight is 302 g/mol. The van der Waals surface area contributed by atoms with Crippen molar-refractivity contribution in [3.05, 3.63) is 22.7 Å². The Morgan fingerprint density at radius 2 is 2.00 bits per heavy atom. The molecular weight excluding hydrogens is 282 g/mol. The fourth-order valence-electron chi connectivity index (χ4n) is 1.54. The Kier molecular flexibility index (Phi) is 5.28. The van der Waals surface area contributed by atoms with Gasteiger partial charge in [0.05, 0.1) is 17.2 Å². The number of benzene rings is 1. The van der Waals surface area contributed by atoms with Gasteiger partial charge in [-0.15, -0.1) is 0 Å². The first-order valence-electron chi connectivity index (χ1n) is 5.84. The van der Waals surface area contributed by atoms with Crippen LogP contribution < -0.4 is 10.1 Å². The van der Waals surface area contributed by atoms with Crippen molar-refractivity contribution in [2.75, 3.05) is 19.0 Å². The average Bonchev–Trinajstić information content (AvgIpc) is 2.36. The fourth-order valence-corrected chi connectivity index (χ4v) is 2.08. The lowest BCUT2D eigenvalue weighted by atomic mass is 9.97. The fraction of sp³-hybridized carbons (Fsp3) is 0.538. The Morgan fingerprint density at radius 1 is 1.35 bits per heavy atom. The number of halogens is 1. The lowest BCUT2D eigenvalue weighted by Gasteiger charge is -2.26. The highest BCUT2D eigenvalue weighted by molar-refractivity contribution is 9.10. The van der Waals surface area contributed by atoms with E-state index in [4.69, 9.17) is 4.74 Å². The zero-order valence-corrected chi connectivity index (χ0v) is 12.2. The van der Waals surface area contributed by atoms with E-state index in [2.05, 4.69) is 21.2 Å². The Balaban J connectivity index is 2.67. The van der Waals surface area contributed by atoms with Gasteiger partial charge in [-0.2, -0.15) is 0 Å². The highest BCUT2D eigenvalue weighted by Gasteiger charge is 2.21. The molecule has 0 aromatic heterocycles. The maximum absolute atomic E-state index is 10.2. The van der Waals surface area contributed by atoms with Crippen LogP contribution in [-0.4, -0.2) is 24.4 Å². The van der Waals surface area contributed by atoms with Crippen molar-refractivity contribution in [1.29, 1.82) is 0 Å². The first kappa shape index (κ1) is 14.3. The van der Waals surface area contributed by atoms with Gasteiger partial charge in [-0.05, 0) is 47.0 Å². The molecule has 0 saturated carbocycles. The molecule has 0 radical (unpaired) electrons. The van der Waals surface area contributed by atoms with E-state index in [-0.39, 0.29) is 0 Å². The summed E-state index contributed by atoms with van der Waals surface area (Å²) in [7, 11) is 1.64. The van der Waals surface area contributed by atoms with Crippen molar-refractivity contribution in [2.45, 2.75) is 32.3 Å². The second-order valence-electron chi connectivity index (χ2n) is 4.13. The Bertz CT molecular complexity index is 364. The molecule has 1 aromatic carbocycles. The number of ether oxygens (including phenoxy) is 1. The second kappa shape index (κ2) is 6.26. The third kappa shape index (κ3) is 3.89. The van der Waals surface area contributed by atoms with Gasteiger partial charge in [0.25, 0.3) is 0 Å². The van der Waals surface area contributed by atoms with Crippen LogP contribution in [0.15, 0.2) is 22.7 Å². The zero-order chi connectivity index (χ0) is 12.9. The predicted octanol–water partition coefficient (Wildman–Crippen LogP) is 3.42. The summed E-state index contributed by atoms with van der Waals surface area (Å²) < 4.78 is 6.07. The van der Waals surface area contributed by atoms with E-state index in [9.17, 15) is 5.11 Å². The van der Waals surface area contributed by atoms with E-state index >= 15 is 0 Å². The minimum atomic E-state index is -0.633. The van der Waals surface area contributed by atoms with Crippen LogP contribution in [0, 0.1) is 0 Å². The minimum Gasteiger partial charge on any atom is -0.496 e. The smallest absolute Gasteiger partial charge is 0.133 e. The SMILES string of the molecule is CCC(O)(CC)CNc1ccc(OC)c(Br)c1. The van der Waals surface area contributed by atoms with Gasteiger partial charge in [0.2, 0.25) is 0 Å². The summed E-state index contributed by atoms with van der Waals surface area (Å²) in [5.74, 6) is 0.803. The van der Waals surface area contributed by atoms with E-state index in [0.717, 1.165) is 28.8 Å². The molecule has 0 fully saturated rings. The molecule has 96 valence electrons. The summed E-state index contributed by atoms with van der Waals surface area (Å²) in [6, 6.07) is 5.78. The summed E-state index contributed by atoms with van der Waals surface area (Å²) in [6.07, 6.45) is 1.49. The lowest BCUT2D eigenvalue weighted by molar-refractivity contribution is 0.0457. The predicted molar refractivity (Wildman–Crippen MR) is 74.7 cm³/mol. The normalized spacial score (nSPS) is 11.4. The van der Waals surface area contributed by atoms with Gasteiger partial charge in [0, 0.05) is 12.2 Å². The van der Waals surface area contributed by atoms with Crippen LogP contribution in [0.4, 0.5) is 5.69 Å². The standard InChI is InChI=1S/C13H20BrNO2/c1-4-13(16,5-2)9-15-10-6-7-12(17-3)11(14)8-10/h6-8,15-16H,4-5,9H2,1-3H3. The number of methoxy groups -OCH3 is 1. The summed E-state index contributed by atoms with van der Waals surface area (Å²) in [4.78, 5) is 0. The molecule has 0 atom stereocenters. The number of rotatable bonds is 6. The molecule has 0 saturated heterocycles. The van der Waals surface area contributed by atoms with E-state index in [0.29, 0.717) is 6.54 Å². The molecule has 0 amide bonds. The largest absolute Gasteiger partial charge is 0.496 e. The molecule has 0 heterocycles. The van der Waals surface area contributed by atoms with Crippen molar-refractivity contribution in [1.82, 2.24) is 0 Å². The van der Waals surface area contributed by atoms with Crippen LogP contribution >= 0.6 is 15.9 Å². The third-order valence-corrected chi connectivity index (χ3v) is 3.71. The molecule has 1 rings (SSSR count). The topological polar surface area (TPSA) is 41.5 Å². The Hall–Kier alpha value is -0.740. The molecule has 2 N–H and O–H groups in total. The monoisotopic (exact) mass is 301 g/mol. The van der Waals surface area contributed by atoms with Gasteiger partial charge in [0.15, 0.2) is 0 Å². The molecule has 0 aliphatic heterocycles. The summed E-state index contributed by atoms with van der Waals surface area (Å²) in [6.45, 7) is 4.54. The summed E-state index contributed by atoms with van der Waals surface area (Å²) >= 11 is 3.43. The molecule has 4 heteroatoms. The van der Waals surface area contributed by atoms with Crippen LogP contribution in [0.5, 0.6) is 5.75 Å². The maximum Gasteiger partial charge on any atom is 0.133 e. The molecule has 0 aliphatic carbocycles. The van der Waals surface area contributed by atoms with E-state index in [1.807, 2.05) is 32.0 Å². The van der Waals surface area contributed by atoms with Gasteiger partial charge >= 0.3 is 0 Å². The second-order valence-corrected chi connectivity index (χ2v) is 4.99. The highest BCUT2D eigenvalue weighted by Crippen LogP contribution is 2.28. The minimum absolute atomic E-state index is 0.554. The van der Waals surface area contributed by atoms with Crippen molar-refractivity contribution < 1.29 is 9.84 Å². The van der Waals surface area contributed by atoms with Crippen LogP contribution in [0.3, 0.4) is 0 Å². The molecular formula is C13H20BrNO2. The summed E-state index contributed by atoms with van der Waals surface area (Å²) in [5.41, 5.74) is 0.338. The number of aliphatic hydroxyl groups is 1. The van der Waals surface area contributed by atoms with E-state index in [1.54, 1.807) is 7.11 Å². The van der Waals surface area contributed by atoms with Gasteiger partial charge in [-0.25, -0.2) is 0 Å². The van der Waals surface area contributed by atoms with Gasteiger partial charge in [0.1, 0.15) is 5.75 Å². The van der Waals surface area contributed by atoms with Crippen molar-refractivity contribution in [3.63, 3.8) is 0 Å². The van der Waals surface area contributed by atoms with Crippen LogP contribution in [0.1, 0.15) is 26.7 Å². The number of anilines is 1. The van der Waals surface area contributed by atoms with Crippen LogP contribution in [-0.2, 0) is 0 Å². The molecule has 0 bridgehead atoms. The quantitative estimate of drug-likeness (QED) is 0.846. The maximum atomic E-state index is 10.2. The van der Waals surface area contributed by atoms with Gasteiger partial charge < -0.3 is 15.2 Å². The molecule has 0 spiro atoms. The first-order chi connectivity index (χ1) is 8.04. The van der Waals surface area contributed by atoms with Crippen LogP contribution in [0.25, 0.3) is 0 Å². The van der Waals surface area contributed by atoms with Crippen molar-refractivity contribution in [2.24, 2.45) is 0 Å². The molecule has 1 aromatic rings. The Labute approximate surface area is 111 Å². The number of nitrogens with one attached hydrogen (secondary N) is 1. The highest BCUT2D eigenvalue weighted by atomic mass is 79.9. The van der Waals surface area contributed by atoms with Crippen LogP contribution in [0.2, 0.25) is 0 Å². The van der Waals surface area contributed by atoms with E-state index < -0.39 is 5.60 Å². The lowest BCUT2D eigenvalue weighted by Crippen LogP contribution is -2.35. The number of hydrogen-bond donors (Lipinski definition) is 2. The molecule has 0 unspecified atom stereocenters. The molecule has 0 aliphatic rings. The summed E-state index contributed by atoms with van der Waals surface area (Å²) in [5, 5.41) is 13.4. The molecule has 17 heavy (non-hydrogen) atoms. The number of hydrogen-bond acceptors (Lipinski definition) is 3. The van der Waals surface area contributed by atoms with Gasteiger partial charge in [-0.3, -0.25) is 0 Å². The zero-order valence-electron chi connectivity index (χ0n) is 10.6. The first-order valence-corrected chi connectivity index (χ1v) is 6.63. The van der Waals surface area contributed by atoms with Crippen molar-refractivity contribution >= 4 is 21.6 Å².